The molecule has 0 radical (unpaired) electrons. The van der Waals surface area contributed by atoms with Crippen molar-refractivity contribution in [3.8, 4) is 5.75 Å². The van der Waals surface area contributed by atoms with E-state index in [9.17, 15) is 4.79 Å². The smallest absolute Gasteiger partial charge is 0.341 e. The third-order valence-electron chi connectivity index (χ3n) is 2.54. The molecule has 0 fully saturated rings. The van der Waals surface area contributed by atoms with Crippen molar-refractivity contribution in [2.75, 3.05) is 12.4 Å². The molecule has 2 aromatic carbocycles. The quantitative estimate of drug-likeness (QED) is 0.641. The number of hydrogen-bond donors (Lipinski definition) is 1. The summed E-state index contributed by atoms with van der Waals surface area (Å²) in [6, 6.07) is 14.8. The summed E-state index contributed by atoms with van der Waals surface area (Å²) in [5.41, 5.74) is 0.0128. The van der Waals surface area contributed by atoms with Gasteiger partial charge in [0.25, 0.3) is 0 Å². The average molecular weight is 309 g/mol. The summed E-state index contributed by atoms with van der Waals surface area (Å²) in [4.78, 5) is 12.3. The molecule has 3 nitrogen and oxygen atoms in total. The molecular weight excluding hydrogens is 296 g/mol. The van der Waals surface area contributed by atoms with E-state index < -0.39 is 5.97 Å². The molecule has 20 heavy (non-hydrogen) atoms. The Labute approximate surface area is 126 Å². The molecule has 0 atom stereocenters. The Hall–Kier alpha value is -1.65. The second-order valence-electron chi connectivity index (χ2n) is 3.93. The molecule has 5 heteroatoms. The Morgan fingerprint density at radius 3 is 2.60 bits per heavy atom. The van der Waals surface area contributed by atoms with E-state index in [1.54, 1.807) is 23.9 Å². The Morgan fingerprint density at radius 1 is 1.15 bits per heavy atom. The van der Waals surface area contributed by atoms with Gasteiger partial charge in [-0.05, 0) is 24.3 Å². The molecule has 0 aromatic heterocycles. The minimum absolute atomic E-state index is 0.0128. The van der Waals surface area contributed by atoms with E-state index in [4.69, 9.17) is 21.4 Å². The molecule has 0 aliphatic carbocycles. The van der Waals surface area contributed by atoms with E-state index in [1.165, 1.54) is 6.07 Å². The fourth-order valence-electron chi connectivity index (χ4n) is 1.66. The summed E-state index contributed by atoms with van der Waals surface area (Å²) in [7, 11) is 0. The first-order chi connectivity index (χ1) is 9.68. The normalized spacial score (nSPS) is 10.2. The Bertz CT molecular complexity index is 587. The van der Waals surface area contributed by atoms with Gasteiger partial charge in [0, 0.05) is 10.6 Å². The van der Waals surface area contributed by atoms with Crippen molar-refractivity contribution in [3.63, 3.8) is 0 Å². The van der Waals surface area contributed by atoms with Crippen LogP contribution < -0.4 is 4.74 Å². The van der Waals surface area contributed by atoms with Crippen LogP contribution in [-0.4, -0.2) is 23.4 Å². The van der Waals surface area contributed by atoms with Gasteiger partial charge in [0.2, 0.25) is 0 Å². The molecule has 0 unspecified atom stereocenters. The van der Waals surface area contributed by atoms with Crippen molar-refractivity contribution in [2.45, 2.75) is 4.90 Å². The van der Waals surface area contributed by atoms with Gasteiger partial charge < -0.3 is 9.84 Å². The Balaban J connectivity index is 1.92. The summed E-state index contributed by atoms with van der Waals surface area (Å²) in [6.07, 6.45) is 0. The fourth-order valence-corrected chi connectivity index (χ4v) is 2.66. The largest absolute Gasteiger partial charge is 0.492 e. The minimum Gasteiger partial charge on any atom is -0.492 e. The second-order valence-corrected chi connectivity index (χ2v) is 5.50. The maximum absolute atomic E-state index is 11.1. The van der Waals surface area contributed by atoms with Gasteiger partial charge >= 0.3 is 5.97 Å². The zero-order chi connectivity index (χ0) is 14.4. The van der Waals surface area contributed by atoms with Crippen LogP contribution in [-0.2, 0) is 0 Å². The molecular formula is C15H13ClO3S. The monoisotopic (exact) mass is 308 g/mol. The van der Waals surface area contributed by atoms with Gasteiger partial charge in [-0.25, -0.2) is 4.79 Å². The zero-order valence-corrected chi connectivity index (χ0v) is 12.2. The first-order valence-corrected chi connectivity index (χ1v) is 7.37. The molecule has 0 saturated heterocycles. The van der Waals surface area contributed by atoms with Gasteiger partial charge in [0.15, 0.2) is 0 Å². The molecule has 1 N–H and O–H groups in total. The summed E-state index contributed by atoms with van der Waals surface area (Å²) in [5.74, 6) is -0.0461. The van der Waals surface area contributed by atoms with E-state index >= 15 is 0 Å². The number of hydrogen-bond acceptors (Lipinski definition) is 3. The Kier molecular flexibility index (Phi) is 5.32. The van der Waals surface area contributed by atoms with Crippen LogP contribution in [0.15, 0.2) is 53.4 Å². The van der Waals surface area contributed by atoms with Crippen LogP contribution in [0.5, 0.6) is 5.75 Å². The minimum atomic E-state index is -1.08. The predicted octanol–water partition coefficient (Wildman–Crippen LogP) is 4.21. The van der Waals surface area contributed by atoms with E-state index in [0.29, 0.717) is 12.4 Å². The number of rotatable bonds is 6. The van der Waals surface area contributed by atoms with Crippen molar-refractivity contribution in [1.82, 2.24) is 0 Å². The number of aromatic carboxylic acids is 1. The first kappa shape index (κ1) is 14.8. The highest BCUT2D eigenvalue weighted by Crippen LogP contribution is 2.26. The SMILES string of the molecule is O=C(O)c1c(Cl)cccc1OCCSc1ccccc1. The summed E-state index contributed by atoms with van der Waals surface area (Å²) in [5, 5.41) is 9.30. The highest BCUT2D eigenvalue weighted by molar-refractivity contribution is 7.99. The number of halogens is 1. The lowest BCUT2D eigenvalue weighted by molar-refractivity contribution is 0.0693. The highest BCUT2D eigenvalue weighted by atomic mass is 35.5. The van der Waals surface area contributed by atoms with Gasteiger partial charge in [-0.15, -0.1) is 11.8 Å². The molecule has 0 heterocycles. The molecule has 2 rings (SSSR count). The van der Waals surface area contributed by atoms with E-state index in [1.807, 2.05) is 30.3 Å². The maximum atomic E-state index is 11.1. The Morgan fingerprint density at radius 2 is 1.90 bits per heavy atom. The molecule has 0 amide bonds. The molecule has 0 bridgehead atoms. The zero-order valence-electron chi connectivity index (χ0n) is 10.6. The van der Waals surface area contributed by atoms with Crippen LogP contribution in [0.25, 0.3) is 0 Å². The molecule has 2 aromatic rings. The van der Waals surface area contributed by atoms with Crippen LogP contribution in [0.1, 0.15) is 10.4 Å². The van der Waals surface area contributed by atoms with Crippen LogP contribution in [0.4, 0.5) is 0 Å². The number of carboxylic acid groups (broad SMARTS) is 1. The van der Waals surface area contributed by atoms with Crippen molar-refractivity contribution in [2.24, 2.45) is 0 Å². The fraction of sp³-hybridized carbons (Fsp3) is 0.133. The number of carbonyl (C=O) groups is 1. The van der Waals surface area contributed by atoms with Gasteiger partial charge in [-0.1, -0.05) is 35.9 Å². The summed E-state index contributed by atoms with van der Waals surface area (Å²) < 4.78 is 5.51. The van der Waals surface area contributed by atoms with Crippen molar-refractivity contribution < 1.29 is 14.6 Å². The molecule has 0 aliphatic heterocycles. The number of benzene rings is 2. The predicted molar refractivity (Wildman–Crippen MR) is 81.1 cm³/mol. The lowest BCUT2D eigenvalue weighted by Gasteiger charge is -2.10. The van der Waals surface area contributed by atoms with Crippen LogP contribution >= 0.6 is 23.4 Å². The maximum Gasteiger partial charge on any atom is 0.341 e. The van der Waals surface area contributed by atoms with Gasteiger partial charge in [-0.3, -0.25) is 0 Å². The van der Waals surface area contributed by atoms with E-state index in [2.05, 4.69) is 0 Å². The highest BCUT2D eigenvalue weighted by Gasteiger charge is 2.15. The van der Waals surface area contributed by atoms with Crippen LogP contribution in [0, 0.1) is 0 Å². The lowest BCUT2D eigenvalue weighted by Crippen LogP contribution is -2.06. The molecule has 0 spiro atoms. The first-order valence-electron chi connectivity index (χ1n) is 6.01. The van der Waals surface area contributed by atoms with Crippen LogP contribution in [0.2, 0.25) is 5.02 Å². The standard InChI is InChI=1S/C15H13ClO3S/c16-12-7-4-8-13(14(12)15(17)18)19-9-10-20-11-5-2-1-3-6-11/h1-8H,9-10H2,(H,17,18). The van der Waals surface area contributed by atoms with Crippen LogP contribution in [0.3, 0.4) is 0 Å². The van der Waals surface area contributed by atoms with Crippen molar-refractivity contribution in [1.29, 1.82) is 0 Å². The molecule has 104 valence electrons. The van der Waals surface area contributed by atoms with E-state index in [0.717, 1.165) is 10.6 Å². The number of carboxylic acids is 1. The third-order valence-corrected chi connectivity index (χ3v) is 3.83. The molecule has 0 saturated carbocycles. The summed E-state index contributed by atoms with van der Waals surface area (Å²) in [6.45, 7) is 0.417. The number of thioether (sulfide) groups is 1. The average Bonchev–Trinajstić information content (AvgIpc) is 2.44. The van der Waals surface area contributed by atoms with Gasteiger partial charge in [0.1, 0.15) is 11.3 Å². The third kappa shape index (κ3) is 3.92. The van der Waals surface area contributed by atoms with Crippen molar-refractivity contribution in [3.05, 3.63) is 59.1 Å². The summed E-state index contributed by atoms with van der Waals surface area (Å²) >= 11 is 7.52. The second kappa shape index (κ2) is 7.22. The van der Waals surface area contributed by atoms with Gasteiger partial charge in [0.05, 0.1) is 11.6 Å². The lowest BCUT2D eigenvalue weighted by atomic mass is 10.2. The topological polar surface area (TPSA) is 46.5 Å². The van der Waals surface area contributed by atoms with E-state index in [-0.39, 0.29) is 10.6 Å². The van der Waals surface area contributed by atoms with Crippen molar-refractivity contribution >= 4 is 29.3 Å². The van der Waals surface area contributed by atoms with Gasteiger partial charge in [-0.2, -0.15) is 0 Å². The molecule has 0 aliphatic rings. The number of ether oxygens (including phenoxy) is 1.